The Balaban J connectivity index is 1.54. The van der Waals surface area contributed by atoms with Crippen molar-refractivity contribution in [3.8, 4) is 0 Å². The Bertz CT molecular complexity index is 653. The predicted molar refractivity (Wildman–Crippen MR) is 83.4 cm³/mol. The molecular formula is C15H17F3N4S. The van der Waals surface area contributed by atoms with E-state index in [0.717, 1.165) is 25.6 Å². The summed E-state index contributed by atoms with van der Waals surface area (Å²) in [7, 11) is 0. The van der Waals surface area contributed by atoms with Gasteiger partial charge in [-0.05, 0) is 42.5 Å². The number of alkyl halides is 3. The van der Waals surface area contributed by atoms with E-state index < -0.39 is 11.9 Å². The van der Waals surface area contributed by atoms with Crippen molar-refractivity contribution in [2.75, 3.05) is 18.4 Å². The van der Waals surface area contributed by atoms with Crippen molar-refractivity contribution in [1.82, 2.24) is 15.1 Å². The van der Waals surface area contributed by atoms with E-state index in [2.05, 4.69) is 38.8 Å². The van der Waals surface area contributed by atoms with Gasteiger partial charge in [0.25, 0.3) is 0 Å². The standard InChI is InChI=1S/C15H17F3N4S/c1-10(22-6-4-12-11(9-22)5-7-23-12)8-19-14-3-2-13(20-21-14)15(16,17)18/h2-3,5,7,10H,4,6,8-9H2,1H3,(H,19,21). The van der Waals surface area contributed by atoms with Crippen LogP contribution in [0.1, 0.15) is 23.1 Å². The van der Waals surface area contributed by atoms with Crippen molar-refractivity contribution in [3.05, 3.63) is 39.7 Å². The first kappa shape index (κ1) is 16.2. The summed E-state index contributed by atoms with van der Waals surface area (Å²) in [6, 6.07) is 4.68. The highest BCUT2D eigenvalue weighted by atomic mass is 32.1. The molecule has 3 rings (SSSR count). The van der Waals surface area contributed by atoms with Gasteiger partial charge in [-0.3, -0.25) is 4.90 Å². The molecule has 1 aliphatic rings. The lowest BCUT2D eigenvalue weighted by Crippen LogP contribution is -2.40. The Morgan fingerprint density at radius 2 is 2.13 bits per heavy atom. The molecule has 8 heteroatoms. The number of hydrogen-bond donors (Lipinski definition) is 1. The molecule has 2 aromatic heterocycles. The van der Waals surface area contributed by atoms with E-state index in [1.165, 1.54) is 16.5 Å². The van der Waals surface area contributed by atoms with Crippen molar-refractivity contribution in [3.63, 3.8) is 0 Å². The lowest BCUT2D eigenvalue weighted by Gasteiger charge is -2.32. The fourth-order valence-electron chi connectivity index (χ4n) is 2.61. The number of thiophene rings is 1. The largest absolute Gasteiger partial charge is 0.435 e. The monoisotopic (exact) mass is 342 g/mol. The van der Waals surface area contributed by atoms with Crippen LogP contribution in [0, 0.1) is 0 Å². The van der Waals surface area contributed by atoms with Gasteiger partial charge in [0.15, 0.2) is 5.69 Å². The summed E-state index contributed by atoms with van der Waals surface area (Å²) in [4.78, 5) is 3.81. The Labute approximate surface area is 136 Å². The molecule has 124 valence electrons. The van der Waals surface area contributed by atoms with Gasteiger partial charge in [0.1, 0.15) is 5.82 Å². The third-order valence-electron chi connectivity index (χ3n) is 3.99. The number of nitrogens with one attached hydrogen (secondary N) is 1. The molecule has 4 nitrogen and oxygen atoms in total. The second-order valence-electron chi connectivity index (χ2n) is 5.62. The Kier molecular flexibility index (Phi) is 4.54. The van der Waals surface area contributed by atoms with Crippen LogP contribution >= 0.6 is 11.3 Å². The maximum atomic E-state index is 12.4. The number of rotatable bonds is 4. The van der Waals surface area contributed by atoms with Gasteiger partial charge in [-0.1, -0.05) is 0 Å². The molecule has 0 radical (unpaired) electrons. The van der Waals surface area contributed by atoms with Gasteiger partial charge >= 0.3 is 6.18 Å². The highest BCUT2D eigenvalue weighted by Crippen LogP contribution is 2.27. The van der Waals surface area contributed by atoms with Gasteiger partial charge in [-0.2, -0.15) is 13.2 Å². The molecule has 1 unspecified atom stereocenters. The summed E-state index contributed by atoms with van der Waals surface area (Å²) in [5.74, 6) is 0.359. The van der Waals surface area contributed by atoms with E-state index in [0.29, 0.717) is 12.4 Å². The smallest absolute Gasteiger partial charge is 0.367 e. The maximum Gasteiger partial charge on any atom is 0.435 e. The lowest BCUT2D eigenvalue weighted by molar-refractivity contribution is -0.141. The molecule has 0 saturated heterocycles. The van der Waals surface area contributed by atoms with Crippen LogP contribution in [0.3, 0.4) is 0 Å². The minimum absolute atomic E-state index is 0.257. The minimum atomic E-state index is -4.45. The third-order valence-corrected chi connectivity index (χ3v) is 5.02. The molecule has 0 fully saturated rings. The molecule has 1 aliphatic heterocycles. The van der Waals surface area contributed by atoms with Crippen LogP contribution < -0.4 is 5.32 Å². The molecule has 3 heterocycles. The fraction of sp³-hybridized carbons (Fsp3) is 0.467. The van der Waals surface area contributed by atoms with Gasteiger partial charge in [0.05, 0.1) is 0 Å². The second kappa shape index (κ2) is 6.45. The predicted octanol–water partition coefficient (Wildman–Crippen LogP) is 3.42. The van der Waals surface area contributed by atoms with E-state index in [9.17, 15) is 13.2 Å². The van der Waals surface area contributed by atoms with Crippen molar-refractivity contribution < 1.29 is 13.2 Å². The molecule has 0 saturated carbocycles. The lowest BCUT2D eigenvalue weighted by atomic mass is 10.1. The topological polar surface area (TPSA) is 41.1 Å². The summed E-state index contributed by atoms with van der Waals surface area (Å²) in [6.07, 6.45) is -3.40. The van der Waals surface area contributed by atoms with E-state index in [1.807, 2.05) is 0 Å². The average molecular weight is 342 g/mol. The molecule has 0 aliphatic carbocycles. The Hall–Kier alpha value is -1.67. The second-order valence-corrected chi connectivity index (χ2v) is 6.62. The molecule has 0 bridgehead atoms. The van der Waals surface area contributed by atoms with E-state index in [4.69, 9.17) is 0 Å². The van der Waals surface area contributed by atoms with Crippen LogP contribution in [0.4, 0.5) is 19.0 Å². The number of hydrogen-bond acceptors (Lipinski definition) is 5. The van der Waals surface area contributed by atoms with Crippen molar-refractivity contribution >= 4 is 17.2 Å². The molecule has 1 atom stereocenters. The summed E-state index contributed by atoms with van der Waals surface area (Å²) in [6.45, 7) is 4.62. The highest BCUT2D eigenvalue weighted by molar-refractivity contribution is 7.10. The quantitative estimate of drug-likeness (QED) is 0.924. The van der Waals surface area contributed by atoms with Gasteiger partial charge in [0, 0.05) is 30.6 Å². The molecule has 23 heavy (non-hydrogen) atoms. The van der Waals surface area contributed by atoms with Crippen LogP contribution in [-0.2, 0) is 19.1 Å². The molecule has 0 spiro atoms. The van der Waals surface area contributed by atoms with Crippen molar-refractivity contribution in [2.24, 2.45) is 0 Å². The van der Waals surface area contributed by atoms with E-state index in [-0.39, 0.29) is 6.04 Å². The summed E-state index contributed by atoms with van der Waals surface area (Å²) in [5.41, 5.74) is 0.402. The van der Waals surface area contributed by atoms with Crippen LogP contribution in [0.2, 0.25) is 0 Å². The van der Waals surface area contributed by atoms with Crippen molar-refractivity contribution in [1.29, 1.82) is 0 Å². The summed E-state index contributed by atoms with van der Waals surface area (Å²) in [5, 5.41) is 12.0. The van der Waals surface area contributed by atoms with Crippen LogP contribution in [-0.4, -0.2) is 34.2 Å². The van der Waals surface area contributed by atoms with Gasteiger partial charge in [0.2, 0.25) is 0 Å². The highest BCUT2D eigenvalue weighted by Gasteiger charge is 2.32. The minimum Gasteiger partial charge on any atom is -0.367 e. The van der Waals surface area contributed by atoms with E-state index >= 15 is 0 Å². The number of fused-ring (bicyclic) bond motifs is 1. The number of nitrogens with zero attached hydrogens (tertiary/aromatic N) is 3. The average Bonchev–Trinajstić information content (AvgIpc) is 2.99. The normalized spacial score (nSPS) is 16.9. The zero-order valence-corrected chi connectivity index (χ0v) is 13.4. The van der Waals surface area contributed by atoms with Gasteiger partial charge in [-0.15, -0.1) is 21.5 Å². The Morgan fingerprint density at radius 3 is 2.83 bits per heavy atom. The first-order valence-corrected chi connectivity index (χ1v) is 8.25. The maximum absolute atomic E-state index is 12.4. The van der Waals surface area contributed by atoms with E-state index in [1.54, 1.807) is 11.3 Å². The number of aromatic nitrogens is 2. The zero-order valence-electron chi connectivity index (χ0n) is 12.6. The molecule has 2 aromatic rings. The zero-order chi connectivity index (χ0) is 16.4. The van der Waals surface area contributed by atoms with Crippen LogP contribution in [0.25, 0.3) is 0 Å². The summed E-state index contributed by atoms with van der Waals surface area (Å²) < 4.78 is 37.3. The molecule has 1 N–H and O–H groups in total. The third kappa shape index (κ3) is 3.81. The summed E-state index contributed by atoms with van der Waals surface area (Å²) >= 11 is 1.80. The number of halogens is 3. The van der Waals surface area contributed by atoms with Gasteiger partial charge in [-0.25, -0.2) is 0 Å². The van der Waals surface area contributed by atoms with Crippen LogP contribution in [0.5, 0.6) is 0 Å². The fourth-order valence-corrected chi connectivity index (χ4v) is 3.50. The van der Waals surface area contributed by atoms with Crippen LogP contribution in [0.15, 0.2) is 23.6 Å². The molecule has 0 amide bonds. The van der Waals surface area contributed by atoms with Crippen molar-refractivity contribution in [2.45, 2.75) is 32.1 Å². The molecule has 0 aromatic carbocycles. The first-order chi connectivity index (χ1) is 10.9. The number of anilines is 1. The molecular weight excluding hydrogens is 325 g/mol. The Morgan fingerprint density at radius 1 is 1.30 bits per heavy atom. The SMILES string of the molecule is CC(CNc1ccc(C(F)(F)F)nn1)N1CCc2sccc2C1. The van der Waals surface area contributed by atoms with Gasteiger partial charge < -0.3 is 5.32 Å². The first-order valence-electron chi connectivity index (χ1n) is 7.37.